The van der Waals surface area contributed by atoms with E-state index in [0.717, 1.165) is 6.42 Å². The fourth-order valence-electron chi connectivity index (χ4n) is 2.51. The first-order chi connectivity index (χ1) is 13.6. The molecule has 8 heteroatoms. The Morgan fingerprint density at radius 3 is 2.32 bits per heavy atom. The normalized spacial score (nSPS) is 12.5. The number of methoxy groups -OCH3 is 1. The fourth-order valence-corrected chi connectivity index (χ4v) is 2.51. The zero-order valence-corrected chi connectivity index (χ0v) is 15.2. The summed E-state index contributed by atoms with van der Waals surface area (Å²) in [6.07, 6.45) is 0.759. The highest BCUT2D eigenvalue weighted by molar-refractivity contribution is 5.96. The highest BCUT2D eigenvalue weighted by Crippen LogP contribution is 2.30. The molecule has 0 fully saturated rings. The van der Waals surface area contributed by atoms with E-state index in [0.29, 0.717) is 36.0 Å². The number of carbonyl (C=O) groups is 3. The predicted molar refractivity (Wildman–Crippen MR) is 98.7 cm³/mol. The molecular formula is C20H19NO7. The maximum Gasteiger partial charge on any atom is 0.338 e. The Morgan fingerprint density at radius 1 is 0.929 bits per heavy atom. The van der Waals surface area contributed by atoms with Crippen LogP contribution < -0.4 is 14.8 Å². The number of carbonyl (C=O) groups excluding carboxylic acids is 3. The number of esters is 2. The highest BCUT2D eigenvalue weighted by Gasteiger charge is 2.16. The molecule has 1 aliphatic rings. The zero-order chi connectivity index (χ0) is 19.9. The van der Waals surface area contributed by atoms with Crippen LogP contribution >= 0.6 is 0 Å². The van der Waals surface area contributed by atoms with Crippen molar-refractivity contribution in [2.45, 2.75) is 6.42 Å². The van der Waals surface area contributed by atoms with Gasteiger partial charge in [-0.2, -0.15) is 0 Å². The van der Waals surface area contributed by atoms with Crippen LogP contribution in [0.4, 0.5) is 5.69 Å². The number of ether oxygens (including phenoxy) is 4. The van der Waals surface area contributed by atoms with Gasteiger partial charge in [-0.05, 0) is 42.5 Å². The van der Waals surface area contributed by atoms with Gasteiger partial charge in [0.05, 0.1) is 31.5 Å². The SMILES string of the molecule is COC(=O)c1ccc(NC(=O)COC(=O)c2ccc3c(c2)OCCCO3)cc1. The Kier molecular flexibility index (Phi) is 6.11. The third kappa shape index (κ3) is 4.79. The molecule has 0 radical (unpaired) electrons. The van der Waals surface area contributed by atoms with E-state index in [4.69, 9.17) is 14.2 Å². The van der Waals surface area contributed by atoms with Gasteiger partial charge in [0, 0.05) is 12.1 Å². The summed E-state index contributed by atoms with van der Waals surface area (Å²) in [4.78, 5) is 35.5. The second kappa shape index (κ2) is 8.90. The smallest absolute Gasteiger partial charge is 0.338 e. The maximum atomic E-state index is 12.2. The molecule has 146 valence electrons. The van der Waals surface area contributed by atoms with Crippen LogP contribution in [0.1, 0.15) is 27.1 Å². The lowest BCUT2D eigenvalue weighted by atomic mass is 10.2. The summed E-state index contributed by atoms with van der Waals surface area (Å²) in [6.45, 7) is 0.603. The van der Waals surface area contributed by atoms with Crippen molar-refractivity contribution in [2.75, 3.05) is 32.2 Å². The van der Waals surface area contributed by atoms with Gasteiger partial charge < -0.3 is 24.3 Å². The van der Waals surface area contributed by atoms with Gasteiger partial charge in [0.15, 0.2) is 18.1 Å². The second-order valence-corrected chi connectivity index (χ2v) is 5.91. The molecule has 0 saturated carbocycles. The topological polar surface area (TPSA) is 100 Å². The number of hydrogen-bond donors (Lipinski definition) is 1. The van der Waals surface area contributed by atoms with E-state index in [2.05, 4.69) is 10.1 Å². The molecule has 3 rings (SSSR count). The summed E-state index contributed by atoms with van der Waals surface area (Å²) in [6, 6.07) is 10.9. The Hall–Kier alpha value is -3.55. The van der Waals surface area contributed by atoms with Crippen molar-refractivity contribution >= 4 is 23.5 Å². The van der Waals surface area contributed by atoms with Gasteiger partial charge in [-0.15, -0.1) is 0 Å². The number of amides is 1. The Labute approximate surface area is 161 Å². The van der Waals surface area contributed by atoms with Crippen molar-refractivity contribution in [3.8, 4) is 11.5 Å². The van der Waals surface area contributed by atoms with Crippen molar-refractivity contribution in [1.82, 2.24) is 0 Å². The monoisotopic (exact) mass is 385 g/mol. The number of nitrogens with one attached hydrogen (secondary N) is 1. The molecule has 1 aliphatic heterocycles. The van der Waals surface area contributed by atoms with Crippen LogP contribution in [0.3, 0.4) is 0 Å². The molecule has 0 bridgehead atoms. The van der Waals surface area contributed by atoms with Gasteiger partial charge >= 0.3 is 11.9 Å². The molecule has 1 N–H and O–H groups in total. The molecule has 2 aromatic rings. The third-order valence-corrected chi connectivity index (χ3v) is 3.91. The third-order valence-electron chi connectivity index (χ3n) is 3.91. The van der Waals surface area contributed by atoms with E-state index in [1.165, 1.54) is 25.3 Å². The van der Waals surface area contributed by atoms with E-state index in [9.17, 15) is 14.4 Å². The van der Waals surface area contributed by atoms with Gasteiger partial charge in [-0.3, -0.25) is 4.79 Å². The average Bonchev–Trinajstić information content (AvgIpc) is 2.96. The van der Waals surface area contributed by atoms with Crippen LogP contribution in [0.2, 0.25) is 0 Å². The summed E-state index contributed by atoms with van der Waals surface area (Å²) >= 11 is 0. The Morgan fingerprint density at radius 2 is 1.61 bits per heavy atom. The van der Waals surface area contributed by atoms with Crippen molar-refractivity contribution in [2.24, 2.45) is 0 Å². The highest BCUT2D eigenvalue weighted by atomic mass is 16.5. The average molecular weight is 385 g/mol. The first-order valence-corrected chi connectivity index (χ1v) is 8.62. The standard InChI is InChI=1S/C20H19NO7/c1-25-19(23)13-3-6-15(7-4-13)21-18(22)12-28-20(24)14-5-8-16-17(11-14)27-10-2-9-26-16/h3-8,11H,2,9-10,12H2,1H3,(H,21,22). The van der Waals surface area contributed by atoms with E-state index in [1.54, 1.807) is 24.3 Å². The van der Waals surface area contributed by atoms with E-state index in [1.807, 2.05) is 0 Å². The van der Waals surface area contributed by atoms with Crippen molar-refractivity contribution < 1.29 is 33.3 Å². The lowest BCUT2D eigenvalue weighted by Crippen LogP contribution is -2.21. The van der Waals surface area contributed by atoms with Crippen molar-refractivity contribution in [3.05, 3.63) is 53.6 Å². The quantitative estimate of drug-likeness (QED) is 0.789. The van der Waals surface area contributed by atoms with Crippen LogP contribution in [0.15, 0.2) is 42.5 Å². The number of benzene rings is 2. The lowest BCUT2D eigenvalue weighted by molar-refractivity contribution is -0.119. The van der Waals surface area contributed by atoms with Gasteiger partial charge in [-0.1, -0.05) is 0 Å². The molecule has 0 aromatic heterocycles. The van der Waals surface area contributed by atoms with Crippen LogP contribution in [0.25, 0.3) is 0 Å². The maximum absolute atomic E-state index is 12.2. The molecular weight excluding hydrogens is 366 g/mol. The summed E-state index contributed by atoms with van der Waals surface area (Å²) < 4.78 is 20.7. The summed E-state index contributed by atoms with van der Waals surface area (Å²) in [7, 11) is 1.29. The molecule has 0 saturated heterocycles. The first kappa shape index (κ1) is 19.2. The van der Waals surface area contributed by atoms with Crippen LogP contribution in [0.5, 0.6) is 11.5 Å². The fraction of sp³-hybridized carbons (Fsp3) is 0.250. The minimum Gasteiger partial charge on any atom is -0.490 e. The first-order valence-electron chi connectivity index (χ1n) is 8.62. The number of fused-ring (bicyclic) bond motifs is 1. The van der Waals surface area contributed by atoms with Crippen molar-refractivity contribution in [1.29, 1.82) is 0 Å². The zero-order valence-electron chi connectivity index (χ0n) is 15.2. The predicted octanol–water partition coefficient (Wildman–Crippen LogP) is 2.43. The van der Waals surface area contributed by atoms with Gasteiger partial charge in [0.25, 0.3) is 5.91 Å². The largest absolute Gasteiger partial charge is 0.490 e. The molecule has 1 heterocycles. The number of hydrogen-bond acceptors (Lipinski definition) is 7. The van der Waals surface area contributed by atoms with Gasteiger partial charge in [-0.25, -0.2) is 9.59 Å². The van der Waals surface area contributed by atoms with Crippen LogP contribution in [-0.2, 0) is 14.3 Å². The molecule has 0 spiro atoms. The summed E-state index contributed by atoms with van der Waals surface area (Å²) in [5.74, 6) is -0.577. The molecule has 1 amide bonds. The molecule has 8 nitrogen and oxygen atoms in total. The summed E-state index contributed by atoms with van der Waals surface area (Å²) in [5.41, 5.74) is 1.09. The molecule has 0 unspecified atom stereocenters. The minimum atomic E-state index is -0.646. The number of rotatable bonds is 5. The second-order valence-electron chi connectivity index (χ2n) is 5.91. The van der Waals surface area contributed by atoms with Gasteiger partial charge in [0.2, 0.25) is 0 Å². The van der Waals surface area contributed by atoms with Gasteiger partial charge in [0.1, 0.15) is 0 Å². The minimum absolute atomic E-state index is 0.263. The lowest BCUT2D eigenvalue weighted by Gasteiger charge is -2.10. The Bertz CT molecular complexity index is 877. The van der Waals surface area contributed by atoms with Crippen molar-refractivity contribution in [3.63, 3.8) is 0 Å². The number of anilines is 1. The molecule has 2 aromatic carbocycles. The summed E-state index contributed by atoms with van der Waals surface area (Å²) in [5, 5.41) is 2.58. The molecule has 28 heavy (non-hydrogen) atoms. The van der Waals surface area contributed by atoms with Crippen LogP contribution in [0, 0.1) is 0 Å². The van der Waals surface area contributed by atoms with Crippen LogP contribution in [-0.4, -0.2) is 44.8 Å². The van der Waals surface area contributed by atoms with E-state index < -0.39 is 24.5 Å². The molecule has 0 aliphatic carbocycles. The van der Waals surface area contributed by atoms with E-state index in [-0.39, 0.29) is 5.56 Å². The molecule has 0 atom stereocenters. The van der Waals surface area contributed by atoms with E-state index >= 15 is 0 Å². The Balaban J connectivity index is 1.53.